The van der Waals surface area contributed by atoms with Gasteiger partial charge in [0.05, 0.1) is 11.0 Å². The van der Waals surface area contributed by atoms with E-state index in [1.807, 2.05) is 23.1 Å². The van der Waals surface area contributed by atoms with Crippen LogP contribution in [-0.2, 0) is 22.6 Å². The van der Waals surface area contributed by atoms with Crippen LogP contribution in [0.4, 0.5) is 0 Å². The Labute approximate surface area is 172 Å². The zero-order valence-electron chi connectivity index (χ0n) is 17.2. The molecule has 0 bridgehead atoms. The number of likely N-dealkylation sites (tertiary alicyclic amines) is 1. The van der Waals surface area contributed by atoms with Crippen LogP contribution in [0.15, 0.2) is 24.3 Å². The number of rotatable bonds is 9. The van der Waals surface area contributed by atoms with Gasteiger partial charge in [-0.05, 0) is 57.1 Å². The Morgan fingerprint density at radius 3 is 2.62 bits per heavy atom. The van der Waals surface area contributed by atoms with Crippen LogP contribution in [0, 0.1) is 5.92 Å². The summed E-state index contributed by atoms with van der Waals surface area (Å²) in [6, 6.07) is 8.09. The van der Waals surface area contributed by atoms with Crippen molar-refractivity contribution in [3.63, 3.8) is 0 Å². The van der Waals surface area contributed by atoms with Gasteiger partial charge in [0.15, 0.2) is 0 Å². The van der Waals surface area contributed by atoms with E-state index in [1.54, 1.807) is 0 Å². The summed E-state index contributed by atoms with van der Waals surface area (Å²) in [6.45, 7) is 2.91. The highest BCUT2D eigenvalue weighted by atomic mass is 16.2. The van der Waals surface area contributed by atoms with Crippen molar-refractivity contribution in [2.75, 3.05) is 19.6 Å². The van der Waals surface area contributed by atoms with Crippen molar-refractivity contribution in [2.45, 2.75) is 64.3 Å². The number of para-hydroxylation sites is 2. The van der Waals surface area contributed by atoms with E-state index in [9.17, 15) is 9.59 Å². The Kier molecular flexibility index (Phi) is 6.47. The minimum Gasteiger partial charge on any atom is -0.356 e. The average Bonchev–Trinajstić information content (AvgIpc) is 3.55. The number of aromatic nitrogens is 2. The molecule has 1 N–H and O–H groups in total. The normalized spacial score (nSPS) is 16.9. The fraction of sp³-hybridized carbons (Fsp3) is 0.609. The molecule has 1 saturated carbocycles. The van der Waals surface area contributed by atoms with Crippen molar-refractivity contribution in [1.82, 2.24) is 19.8 Å². The van der Waals surface area contributed by atoms with Crippen LogP contribution in [0.2, 0.25) is 0 Å². The summed E-state index contributed by atoms with van der Waals surface area (Å²) < 4.78 is 2.11. The molecular weight excluding hydrogens is 364 g/mol. The number of unbranched alkanes of at least 4 members (excludes halogenated alkanes) is 2. The van der Waals surface area contributed by atoms with E-state index < -0.39 is 0 Å². The predicted molar refractivity (Wildman–Crippen MR) is 113 cm³/mol. The minimum atomic E-state index is 0.205. The largest absolute Gasteiger partial charge is 0.356 e. The van der Waals surface area contributed by atoms with E-state index in [-0.39, 0.29) is 17.7 Å². The molecule has 0 spiro atoms. The molecule has 2 amide bonds. The summed E-state index contributed by atoms with van der Waals surface area (Å²) in [5.41, 5.74) is 2.01. The number of fused-ring (bicyclic) bond motifs is 1. The van der Waals surface area contributed by atoms with E-state index in [0.717, 1.165) is 87.9 Å². The summed E-state index contributed by atoms with van der Waals surface area (Å²) in [4.78, 5) is 31.3. The fourth-order valence-electron chi connectivity index (χ4n) is 4.16. The summed E-state index contributed by atoms with van der Waals surface area (Å²) in [5.74, 6) is 1.71. The van der Waals surface area contributed by atoms with Gasteiger partial charge in [0, 0.05) is 32.0 Å². The van der Waals surface area contributed by atoms with Gasteiger partial charge in [0.25, 0.3) is 0 Å². The van der Waals surface area contributed by atoms with Crippen molar-refractivity contribution in [2.24, 2.45) is 5.92 Å². The van der Waals surface area contributed by atoms with E-state index in [1.165, 1.54) is 6.42 Å². The molecule has 6 nitrogen and oxygen atoms in total. The third kappa shape index (κ3) is 5.17. The Bertz CT molecular complexity index is 850. The molecule has 2 fully saturated rings. The van der Waals surface area contributed by atoms with Gasteiger partial charge < -0.3 is 14.8 Å². The minimum absolute atomic E-state index is 0.205. The van der Waals surface area contributed by atoms with Gasteiger partial charge in [-0.3, -0.25) is 9.59 Å². The topological polar surface area (TPSA) is 67.2 Å². The van der Waals surface area contributed by atoms with Crippen molar-refractivity contribution in [3.05, 3.63) is 30.1 Å². The third-order valence-electron chi connectivity index (χ3n) is 6.06. The molecule has 0 unspecified atom stereocenters. The number of aryl methyl sites for hydroxylation is 1. The maximum absolute atomic E-state index is 12.8. The number of piperidine rings is 1. The number of nitrogens with zero attached hydrogens (tertiary/aromatic N) is 3. The van der Waals surface area contributed by atoms with Gasteiger partial charge in [-0.15, -0.1) is 0 Å². The molecule has 2 aromatic rings. The number of carbonyl (C=O) groups excluding carboxylic acids is 2. The molecule has 1 aliphatic carbocycles. The number of benzene rings is 1. The van der Waals surface area contributed by atoms with Crippen LogP contribution in [0.5, 0.6) is 0 Å². The number of carbonyl (C=O) groups is 2. The Hall–Kier alpha value is -2.37. The van der Waals surface area contributed by atoms with E-state index in [2.05, 4.69) is 16.0 Å². The first kappa shape index (κ1) is 19.9. The number of amides is 2. The second-order valence-corrected chi connectivity index (χ2v) is 8.42. The first-order valence-electron chi connectivity index (χ1n) is 11.2. The van der Waals surface area contributed by atoms with Gasteiger partial charge in [-0.2, -0.15) is 0 Å². The Morgan fingerprint density at radius 1 is 1.03 bits per heavy atom. The Morgan fingerprint density at radius 2 is 1.83 bits per heavy atom. The number of hydrogen-bond acceptors (Lipinski definition) is 3. The number of nitrogens with one attached hydrogen (secondary N) is 1. The maximum atomic E-state index is 12.8. The van der Waals surface area contributed by atoms with Crippen molar-refractivity contribution >= 4 is 22.8 Å². The monoisotopic (exact) mass is 396 g/mol. The van der Waals surface area contributed by atoms with Gasteiger partial charge in [-0.1, -0.05) is 18.6 Å². The Balaban J connectivity index is 1.33. The predicted octanol–water partition coefficient (Wildman–Crippen LogP) is 3.29. The van der Waals surface area contributed by atoms with Gasteiger partial charge in [0.1, 0.15) is 12.4 Å². The quantitative estimate of drug-likeness (QED) is 0.662. The molecule has 1 aliphatic heterocycles. The molecule has 6 heteroatoms. The molecule has 29 heavy (non-hydrogen) atoms. The van der Waals surface area contributed by atoms with Crippen molar-refractivity contribution in [3.8, 4) is 0 Å². The zero-order chi connectivity index (χ0) is 20.1. The van der Waals surface area contributed by atoms with Crippen LogP contribution in [0.25, 0.3) is 11.0 Å². The van der Waals surface area contributed by atoms with E-state index >= 15 is 0 Å². The molecule has 0 atom stereocenters. The number of imidazole rings is 1. The second-order valence-electron chi connectivity index (χ2n) is 8.42. The molecular formula is C23H32N4O2. The summed E-state index contributed by atoms with van der Waals surface area (Å²) >= 11 is 0. The molecule has 4 rings (SSSR count). The SMILES string of the molecule is O=C(NCCCCCc1nc2ccccc2n1CC(=O)N1CCCCC1)C1CC1. The van der Waals surface area contributed by atoms with Crippen LogP contribution in [0.3, 0.4) is 0 Å². The van der Waals surface area contributed by atoms with Crippen LogP contribution < -0.4 is 5.32 Å². The van der Waals surface area contributed by atoms with E-state index in [0.29, 0.717) is 6.54 Å². The van der Waals surface area contributed by atoms with Crippen LogP contribution in [-0.4, -0.2) is 45.9 Å². The lowest BCUT2D eigenvalue weighted by molar-refractivity contribution is -0.132. The molecule has 1 saturated heterocycles. The summed E-state index contributed by atoms with van der Waals surface area (Å²) in [5, 5.41) is 3.03. The molecule has 1 aromatic heterocycles. The highest BCUT2D eigenvalue weighted by Gasteiger charge is 2.28. The summed E-state index contributed by atoms with van der Waals surface area (Å²) in [7, 11) is 0. The smallest absolute Gasteiger partial charge is 0.242 e. The molecule has 0 radical (unpaired) electrons. The number of hydrogen-bond donors (Lipinski definition) is 1. The molecule has 156 valence electrons. The van der Waals surface area contributed by atoms with Crippen molar-refractivity contribution < 1.29 is 9.59 Å². The van der Waals surface area contributed by atoms with Crippen molar-refractivity contribution in [1.29, 1.82) is 0 Å². The standard InChI is InChI=1S/C23H32N4O2/c28-22(26-15-7-2-8-16-26)17-27-20-10-5-4-9-19(20)25-21(27)11-3-1-6-14-24-23(29)18-12-13-18/h4-5,9-10,18H,1-3,6-8,11-17H2,(H,24,29). The lowest BCUT2D eigenvalue weighted by Gasteiger charge is -2.27. The average molecular weight is 397 g/mol. The first-order chi connectivity index (χ1) is 14.2. The van der Waals surface area contributed by atoms with Crippen LogP contribution in [0.1, 0.15) is 57.2 Å². The van der Waals surface area contributed by atoms with Crippen LogP contribution >= 0.6 is 0 Å². The van der Waals surface area contributed by atoms with Gasteiger partial charge >= 0.3 is 0 Å². The van der Waals surface area contributed by atoms with E-state index in [4.69, 9.17) is 4.98 Å². The molecule has 2 heterocycles. The highest BCUT2D eigenvalue weighted by molar-refractivity contribution is 5.81. The highest BCUT2D eigenvalue weighted by Crippen LogP contribution is 2.28. The maximum Gasteiger partial charge on any atom is 0.242 e. The zero-order valence-corrected chi connectivity index (χ0v) is 17.2. The third-order valence-corrected chi connectivity index (χ3v) is 6.06. The van der Waals surface area contributed by atoms with Gasteiger partial charge in [-0.25, -0.2) is 4.98 Å². The second kappa shape index (κ2) is 9.42. The lowest BCUT2D eigenvalue weighted by Crippen LogP contribution is -2.38. The lowest BCUT2D eigenvalue weighted by atomic mass is 10.1. The molecule has 1 aromatic carbocycles. The fourth-order valence-corrected chi connectivity index (χ4v) is 4.16. The first-order valence-corrected chi connectivity index (χ1v) is 11.2. The molecule has 2 aliphatic rings. The summed E-state index contributed by atoms with van der Waals surface area (Å²) in [6.07, 6.45) is 9.47. The van der Waals surface area contributed by atoms with Gasteiger partial charge in [0.2, 0.25) is 11.8 Å².